The molecule has 1 heterocycles. The molecule has 0 aliphatic rings. The largest absolute Gasteiger partial charge is 0.450 e. The average Bonchev–Trinajstić information content (AvgIpc) is 2.63. The standard InChI is InChI=1S/C9H13N3O2S2/c1-4-14-9(13)12-8(15-3)11-7-10-5-6(2)16-7/h5H,4H2,1-3H3,(H,10,11,12,13). The van der Waals surface area contributed by atoms with Crippen LogP contribution in [0.15, 0.2) is 11.2 Å². The number of aromatic nitrogens is 1. The Bertz CT molecular complexity index is 390. The highest BCUT2D eigenvalue weighted by Gasteiger charge is 2.06. The molecule has 5 nitrogen and oxygen atoms in total. The van der Waals surface area contributed by atoms with Crippen LogP contribution in [0.3, 0.4) is 0 Å². The van der Waals surface area contributed by atoms with Crippen LogP contribution in [0.2, 0.25) is 0 Å². The van der Waals surface area contributed by atoms with E-state index in [1.807, 2.05) is 13.2 Å². The topological polar surface area (TPSA) is 63.6 Å². The molecule has 0 aliphatic heterocycles. The Morgan fingerprint density at radius 1 is 1.75 bits per heavy atom. The maximum Gasteiger partial charge on any atom is 0.413 e. The minimum absolute atomic E-state index is 0.337. The first-order valence-corrected chi connectivity index (χ1v) is 6.68. The van der Waals surface area contributed by atoms with Crippen molar-refractivity contribution in [2.45, 2.75) is 13.8 Å². The number of rotatable bonds is 2. The molecule has 0 saturated heterocycles. The van der Waals surface area contributed by atoms with Crippen LogP contribution < -0.4 is 5.32 Å². The van der Waals surface area contributed by atoms with E-state index in [0.29, 0.717) is 16.9 Å². The van der Waals surface area contributed by atoms with Crippen LogP contribution in [0.25, 0.3) is 0 Å². The molecule has 0 saturated carbocycles. The third-order valence-electron chi connectivity index (χ3n) is 1.48. The highest BCUT2D eigenvalue weighted by Crippen LogP contribution is 2.20. The van der Waals surface area contributed by atoms with Gasteiger partial charge in [-0.2, -0.15) is 4.99 Å². The van der Waals surface area contributed by atoms with Crippen molar-refractivity contribution in [3.63, 3.8) is 0 Å². The first kappa shape index (κ1) is 13.0. The number of aryl methyl sites for hydroxylation is 1. The predicted octanol–water partition coefficient (Wildman–Crippen LogP) is 2.55. The van der Waals surface area contributed by atoms with Crippen molar-refractivity contribution >= 4 is 39.5 Å². The maximum absolute atomic E-state index is 11.2. The summed E-state index contributed by atoms with van der Waals surface area (Å²) in [6.45, 7) is 4.04. The molecule has 88 valence electrons. The smallest absolute Gasteiger partial charge is 0.413 e. The van der Waals surface area contributed by atoms with E-state index in [-0.39, 0.29) is 0 Å². The molecule has 1 aromatic heterocycles. The van der Waals surface area contributed by atoms with Crippen LogP contribution in [-0.4, -0.2) is 29.1 Å². The van der Waals surface area contributed by atoms with Crippen molar-refractivity contribution < 1.29 is 9.53 Å². The maximum atomic E-state index is 11.2. The van der Waals surface area contributed by atoms with Crippen LogP contribution in [0, 0.1) is 6.92 Å². The van der Waals surface area contributed by atoms with Crippen molar-refractivity contribution in [2.24, 2.45) is 4.99 Å². The van der Waals surface area contributed by atoms with E-state index in [1.165, 1.54) is 23.1 Å². The van der Waals surface area contributed by atoms with Gasteiger partial charge in [0.15, 0.2) is 5.17 Å². The summed E-state index contributed by atoms with van der Waals surface area (Å²) in [4.78, 5) is 20.5. The van der Waals surface area contributed by atoms with Crippen molar-refractivity contribution in [3.8, 4) is 0 Å². The normalized spacial score (nSPS) is 11.3. The molecule has 0 bridgehead atoms. The fraction of sp³-hybridized carbons (Fsp3) is 0.444. The van der Waals surface area contributed by atoms with Gasteiger partial charge in [-0.3, -0.25) is 5.32 Å². The van der Waals surface area contributed by atoms with Gasteiger partial charge in [0, 0.05) is 11.1 Å². The van der Waals surface area contributed by atoms with Gasteiger partial charge in [0.25, 0.3) is 0 Å². The molecule has 1 aromatic rings. The average molecular weight is 259 g/mol. The lowest BCUT2D eigenvalue weighted by molar-refractivity contribution is 0.158. The number of amides is 1. The van der Waals surface area contributed by atoms with Gasteiger partial charge in [0.05, 0.1) is 6.61 Å². The van der Waals surface area contributed by atoms with Gasteiger partial charge in [-0.05, 0) is 20.1 Å². The number of alkyl carbamates (subject to hydrolysis) is 1. The van der Waals surface area contributed by atoms with Gasteiger partial charge in [0.1, 0.15) is 0 Å². The number of aliphatic imine (C=N–C) groups is 1. The van der Waals surface area contributed by atoms with E-state index in [9.17, 15) is 4.79 Å². The van der Waals surface area contributed by atoms with Crippen LogP contribution in [-0.2, 0) is 4.74 Å². The van der Waals surface area contributed by atoms with Gasteiger partial charge in [-0.1, -0.05) is 11.8 Å². The highest BCUT2D eigenvalue weighted by atomic mass is 32.2. The number of amidine groups is 1. The number of carbonyl (C=O) groups is 1. The monoisotopic (exact) mass is 259 g/mol. The third kappa shape index (κ3) is 4.19. The van der Waals surface area contributed by atoms with E-state index in [2.05, 4.69) is 15.3 Å². The Balaban J connectivity index is 2.66. The Morgan fingerprint density at radius 2 is 2.50 bits per heavy atom. The molecule has 0 aliphatic carbocycles. The van der Waals surface area contributed by atoms with Gasteiger partial charge >= 0.3 is 6.09 Å². The molecule has 7 heteroatoms. The van der Waals surface area contributed by atoms with E-state index in [0.717, 1.165) is 4.88 Å². The first-order valence-electron chi connectivity index (χ1n) is 4.64. The van der Waals surface area contributed by atoms with Crippen molar-refractivity contribution in [3.05, 3.63) is 11.1 Å². The quantitative estimate of drug-likeness (QED) is 0.655. The molecular formula is C9H13N3O2S2. The zero-order valence-corrected chi connectivity index (χ0v) is 10.9. The van der Waals surface area contributed by atoms with E-state index in [1.54, 1.807) is 13.1 Å². The second-order valence-electron chi connectivity index (χ2n) is 2.72. The number of nitrogens with one attached hydrogen (secondary N) is 1. The number of thiazole rings is 1. The predicted molar refractivity (Wildman–Crippen MR) is 67.6 cm³/mol. The summed E-state index contributed by atoms with van der Waals surface area (Å²) in [7, 11) is 0. The summed E-state index contributed by atoms with van der Waals surface area (Å²) in [5.74, 6) is 0. The van der Waals surface area contributed by atoms with Gasteiger partial charge in [-0.25, -0.2) is 9.78 Å². The summed E-state index contributed by atoms with van der Waals surface area (Å²) in [5, 5.41) is 3.65. The Morgan fingerprint density at radius 3 is 3.00 bits per heavy atom. The Hall–Kier alpha value is -1.08. The Labute approximate surface area is 102 Å². The fourth-order valence-electron chi connectivity index (χ4n) is 0.860. The molecule has 16 heavy (non-hydrogen) atoms. The highest BCUT2D eigenvalue weighted by molar-refractivity contribution is 8.13. The number of nitrogens with zero attached hydrogens (tertiary/aromatic N) is 2. The minimum atomic E-state index is -0.496. The van der Waals surface area contributed by atoms with Gasteiger partial charge in [0.2, 0.25) is 5.13 Å². The molecule has 0 atom stereocenters. The number of carbonyl (C=O) groups excluding carboxylic acids is 1. The molecule has 0 fully saturated rings. The van der Waals surface area contributed by atoms with Crippen LogP contribution >= 0.6 is 23.1 Å². The summed E-state index contributed by atoms with van der Waals surface area (Å²) in [5.41, 5.74) is 0. The molecular weight excluding hydrogens is 246 g/mol. The van der Waals surface area contributed by atoms with Crippen molar-refractivity contribution in [1.82, 2.24) is 10.3 Å². The molecule has 1 N–H and O–H groups in total. The lowest BCUT2D eigenvalue weighted by Crippen LogP contribution is -2.28. The molecule has 0 radical (unpaired) electrons. The second kappa shape index (κ2) is 6.49. The van der Waals surface area contributed by atoms with Crippen LogP contribution in [0.4, 0.5) is 9.93 Å². The van der Waals surface area contributed by atoms with E-state index >= 15 is 0 Å². The fourth-order valence-corrected chi connectivity index (χ4v) is 1.92. The Kier molecular flexibility index (Phi) is 5.27. The zero-order valence-electron chi connectivity index (χ0n) is 9.31. The lowest BCUT2D eigenvalue weighted by Gasteiger charge is -2.04. The second-order valence-corrected chi connectivity index (χ2v) is 4.73. The first-order chi connectivity index (χ1) is 7.65. The number of ether oxygens (including phenoxy) is 1. The lowest BCUT2D eigenvalue weighted by atomic mass is 10.7. The minimum Gasteiger partial charge on any atom is -0.450 e. The third-order valence-corrected chi connectivity index (χ3v) is 2.87. The number of hydrogen-bond donors (Lipinski definition) is 1. The molecule has 1 amide bonds. The summed E-state index contributed by atoms with van der Waals surface area (Å²) < 4.78 is 4.76. The van der Waals surface area contributed by atoms with Crippen molar-refractivity contribution in [1.29, 1.82) is 0 Å². The van der Waals surface area contributed by atoms with E-state index in [4.69, 9.17) is 4.74 Å². The van der Waals surface area contributed by atoms with Gasteiger partial charge in [-0.15, -0.1) is 11.3 Å². The molecule has 0 aromatic carbocycles. The van der Waals surface area contributed by atoms with Crippen molar-refractivity contribution in [2.75, 3.05) is 12.9 Å². The van der Waals surface area contributed by atoms with Crippen LogP contribution in [0.5, 0.6) is 0 Å². The number of hydrogen-bond acceptors (Lipinski definition) is 6. The zero-order chi connectivity index (χ0) is 12.0. The van der Waals surface area contributed by atoms with E-state index < -0.39 is 6.09 Å². The summed E-state index contributed by atoms with van der Waals surface area (Å²) >= 11 is 2.80. The summed E-state index contributed by atoms with van der Waals surface area (Å²) in [6, 6.07) is 0. The molecule has 1 rings (SSSR count). The summed E-state index contributed by atoms with van der Waals surface area (Å²) in [6.07, 6.45) is 3.07. The van der Waals surface area contributed by atoms with Gasteiger partial charge < -0.3 is 4.74 Å². The SMILES string of the molecule is CCOC(=O)N/C(=N\c1ncc(C)s1)SC. The van der Waals surface area contributed by atoms with Crippen LogP contribution in [0.1, 0.15) is 11.8 Å². The molecule has 0 spiro atoms. The molecule has 0 unspecified atom stereocenters. The number of thioether (sulfide) groups is 1.